The normalized spacial score (nSPS) is 21.4. The maximum absolute atomic E-state index is 11.6. The van der Waals surface area contributed by atoms with Crippen molar-refractivity contribution in [3.05, 3.63) is 69.7 Å². The summed E-state index contributed by atoms with van der Waals surface area (Å²) < 4.78 is 5.36. The minimum atomic E-state index is -0.435. The fraction of sp³-hybridized carbons (Fsp3) is 0.133. The highest BCUT2D eigenvalue weighted by Gasteiger charge is 2.36. The molecule has 20 heavy (non-hydrogen) atoms. The van der Waals surface area contributed by atoms with Crippen LogP contribution in [-0.2, 0) is 4.74 Å². The van der Waals surface area contributed by atoms with Gasteiger partial charge in [0.15, 0.2) is 6.10 Å². The van der Waals surface area contributed by atoms with Gasteiger partial charge in [0.1, 0.15) is 0 Å². The van der Waals surface area contributed by atoms with E-state index in [1.54, 1.807) is 24.3 Å². The van der Waals surface area contributed by atoms with Crippen LogP contribution in [0.1, 0.15) is 23.3 Å². The van der Waals surface area contributed by atoms with Gasteiger partial charge in [-0.2, -0.15) is 0 Å². The van der Waals surface area contributed by atoms with E-state index in [1.807, 2.05) is 24.3 Å². The van der Waals surface area contributed by atoms with E-state index in [0.717, 1.165) is 11.1 Å². The van der Waals surface area contributed by atoms with Crippen molar-refractivity contribution < 1.29 is 9.53 Å². The van der Waals surface area contributed by atoms with Gasteiger partial charge in [-0.1, -0.05) is 47.5 Å². The number of hydrogen-bond acceptors (Lipinski definition) is 2. The van der Waals surface area contributed by atoms with E-state index in [2.05, 4.69) is 5.32 Å². The number of halogens is 2. The quantitative estimate of drug-likeness (QED) is 0.886. The Hall–Kier alpha value is -1.71. The summed E-state index contributed by atoms with van der Waals surface area (Å²) in [7, 11) is 0. The van der Waals surface area contributed by atoms with Crippen LogP contribution in [-0.4, -0.2) is 6.09 Å². The minimum Gasteiger partial charge on any atom is -0.439 e. The summed E-state index contributed by atoms with van der Waals surface area (Å²) in [6, 6.07) is 14.4. The Bertz CT molecular complexity index is 643. The van der Waals surface area contributed by atoms with Crippen LogP contribution in [0.2, 0.25) is 10.0 Å². The van der Waals surface area contributed by atoms with Crippen LogP contribution in [0.15, 0.2) is 48.5 Å². The minimum absolute atomic E-state index is 0.252. The number of rotatable bonds is 2. The predicted octanol–water partition coefficient (Wildman–Crippen LogP) is 4.52. The lowest BCUT2D eigenvalue weighted by atomic mass is 9.97. The Kier molecular flexibility index (Phi) is 3.55. The van der Waals surface area contributed by atoms with Gasteiger partial charge in [0, 0.05) is 10.0 Å². The largest absolute Gasteiger partial charge is 0.439 e. The monoisotopic (exact) mass is 307 g/mol. The maximum Gasteiger partial charge on any atom is 0.408 e. The fourth-order valence-corrected chi connectivity index (χ4v) is 2.62. The van der Waals surface area contributed by atoms with Crippen LogP contribution < -0.4 is 5.32 Å². The van der Waals surface area contributed by atoms with Gasteiger partial charge < -0.3 is 10.1 Å². The molecular weight excluding hydrogens is 297 g/mol. The molecule has 3 rings (SSSR count). The zero-order chi connectivity index (χ0) is 14.1. The molecule has 0 unspecified atom stereocenters. The van der Waals surface area contributed by atoms with Crippen LogP contribution in [0.4, 0.5) is 4.79 Å². The SMILES string of the molecule is O=C1N[C@@H](c2ccc(Cl)cc2)[C@H](c2cccc(Cl)c2)O1. The van der Waals surface area contributed by atoms with Crippen molar-refractivity contribution in [2.24, 2.45) is 0 Å². The molecule has 0 saturated carbocycles. The lowest BCUT2D eigenvalue weighted by Gasteiger charge is -2.17. The van der Waals surface area contributed by atoms with Crippen LogP contribution in [0.3, 0.4) is 0 Å². The summed E-state index contributed by atoms with van der Waals surface area (Å²) in [4.78, 5) is 11.6. The number of amides is 1. The number of carbonyl (C=O) groups excluding carboxylic acids is 1. The number of alkyl carbamates (subject to hydrolysis) is 1. The van der Waals surface area contributed by atoms with Gasteiger partial charge in [-0.15, -0.1) is 0 Å². The van der Waals surface area contributed by atoms with Crippen molar-refractivity contribution in [3.63, 3.8) is 0 Å². The van der Waals surface area contributed by atoms with Crippen molar-refractivity contribution in [2.75, 3.05) is 0 Å². The van der Waals surface area contributed by atoms with E-state index in [1.165, 1.54) is 0 Å². The highest BCUT2D eigenvalue weighted by molar-refractivity contribution is 6.30. The third kappa shape index (κ3) is 2.60. The zero-order valence-corrected chi connectivity index (χ0v) is 11.9. The van der Waals surface area contributed by atoms with Gasteiger partial charge in [-0.3, -0.25) is 0 Å². The topological polar surface area (TPSA) is 38.3 Å². The third-order valence-electron chi connectivity index (χ3n) is 3.22. The number of cyclic esters (lactones) is 1. The molecular formula is C15H11Cl2NO2. The molecule has 0 radical (unpaired) electrons. The predicted molar refractivity (Wildman–Crippen MR) is 78.0 cm³/mol. The summed E-state index contributed by atoms with van der Waals surface area (Å²) in [6.45, 7) is 0. The number of nitrogens with one attached hydrogen (secondary N) is 1. The molecule has 1 N–H and O–H groups in total. The van der Waals surface area contributed by atoms with E-state index >= 15 is 0 Å². The number of carbonyl (C=O) groups is 1. The van der Waals surface area contributed by atoms with Gasteiger partial charge >= 0.3 is 6.09 Å². The summed E-state index contributed by atoms with van der Waals surface area (Å²) in [5.41, 5.74) is 1.79. The highest BCUT2D eigenvalue weighted by Crippen LogP contribution is 2.37. The van der Waals surface area contributed by atoms with Crippen molar-refractivity contribution in [2.45, 2.75) is 12.1 Å². The van der Waals surface area contributed by atoms with E-state index in [4.69, 9.17) is 27.9 Å². The van der Waals surface area contributed by atoms with Crippen LogP contribution in [0.25, 0.3) is 0 Å². The molecule has 2 atom stereocenters. The second kappa shape index (κ2) is 5.35. The van der Waals surface area contributed by atoms with Gasteiger partial charge in [0.05, 0.1) is 6.04 Å². The number of hydrogen-bond donors (Lipinski definition) is 1. The van der Waals surface area contributed by atoms with Gasteiger partial charge in [0.2, 0.25) is 0 Å². The first kappa shape index (κ1) is 13.3. The second-order valence-corrected chi connectivity index (χ2v) is 5.43. The van der Waals surface area contributed by atoms with E-state index in [0.29, 0.717) is 10.0 Å². The Morgan fingerprint density at radius 1 is 0.950 bits per heavy atom. The molecule has 5 heteroatoms. The molecule has 0 aliphatic carbocycles. The standard InChI is InChI=1S/C15H11Cl2NO2/c16-11-6-4-9(5-7-11)13-14(20-15(19)18-13)10-2-1-3-12(17)8-10/h1-8,13-14H,(H,18,19)/t13-,14-/m0/s1. The molecule has 0 spiro atoms. The third-order valence-corrected chi connectivity index (χ3v) is 3.70. The average molecular weight is 308 g/mol. The molecule has 102 valence electrons. The molecule has 0 bridgehead atoms. The first-order valence-electron chi connectivity index (χ1n) is 6.11. The Balaban J connectivity index is 1.96. The molecule has 1 amide bonds. The zero-order valence-electron chi connectivity index (χ0n) is 10.3. The van der Waals surface area contributed by atoms with Gasteiger partial charge in [0.25, 0.3) is 0 Å². The summed E-state index contributed by atoms with van der Waals surface area (Å²) in [5.74, 6) is 0. The molecule has 0 aromatic heterocycles. The Morgan fingerprint density at radius 3 is 2.40 bits per heavy atom. The van der Waals surface area contributed by atoms with Crippen molar-refractivity contribution >= 4 is 29.3 Å². The van der Waals surface area contributed by atoms with Crippen LogP contribution >= 0.6 is 23.2 Å². The summed E-state index contributed by atoms with van der Waals surface area (Å²) in [5, 5.41) is 4.07. The smallest absolute Gasteiger partial charge is 0.408 e. The summed E-state index contributed by atoms with van der Waals surface area (Å²) >= 11 is 11.9. The van der Waals surface area contributed by atoms with Crippen molar-refractivity contribution in [1.29, 1.82) is 0 Å². The molecule has 1 aliphatic rings. The lowest BCUT2D eigenvalue weighted by molar-refractivity contribution is 0.132. The molecule has 1 heterocycles. The van der Waals surface area contributed by atoms with E-state index < -0.39 is 12.2 Å². The molecule has 1 aliphatic heterocycles. The van der Waals surface area contributed by atoms with Crippen molar-refractivity contribution in [1.82, 2.24) is 5.32 Å². The lowest BCUT2D eigenvalue weighted by Crippen LogP contribution is -2.19. The molecule has 3 nitrogen and oxygen atoms in total. The van der Waals surface area contributed by atoms with E-state index in [9.17, 15) is 4.79 Å². The number of benzene rings is 2. The maximum atomic E-state index is 11.6. The second-order valence-electron chi connectivity index (χ2n) is 4.55. The first-order valence-corrected chi connectivity index (χ1v) is 6.87. The van der Waals surface area contributed by atoms with Gasteiger partial charge in [-0.05, 0) is 35.4 Å². The summed E-state index contributed by atoms with van der Waals surface area (Å²) in [6.07, 6.45) is -0.836. The first-order chi connectivity index (χ1) is 9.63. The average Bonchev–Trinajstić information content (AvgIpc) is 2.82. The fourth-order valence-electron chi connectivity index (χ4n) is 2.29. The Labute approximate surface area is 126 Å². The molecule has 2 aromatic rings. The van der Waals surface area contributed by atoms with Crippen LogP contribution in [0.5, 0.6) is 0 Å². The van der Waals surface area contributed by atoms with Crippen molar-refractivity contribution in [3.8, 4) is 0 Å². The molecule has 1 saturated heterocycles. The van der Waals surface area contributed by atoms with E-state index in [-0.39, 0.29) is 6.04 Å². The Morgan fingerprint density at radius 2 is 1.70 bits per heavy atom. The molecule has 1 fully saturated rings. The van der Waals surface area contributed by atoms with Gasteiger partial charge in [-0.25, -0.2) is 4.79 Å². The highest BCUT2D eigenvalue weighted by atomic mass is 35.5. The molecule has 2 aromatic carbocycles. The van der Waals surface area contributed by atoms with Crippen LogP contribution in [0, 0.1) is 0 Å². The number of ether oxygens (including phenoxy) is 1.